The number of fused-ring (bicyclic) bond motifs is 1. The predicted molar refractivity (Wildman–Crippen MR) is 89.1 cm³/mol. The first-order valence-electron chi connectivity index (χ1n) is 7.55. The molecule has 0 saturated carbocycles. The predicted octanol–water partition coefficient (Wildman–Crippen LogP) is 2.66. The van der Waals surface area contributed by atoms with Crippen molar-refractivity contribution in [2.45, 2.75) is 19.6 Å². The van der Waals surface area contributed by atoms with Gasteiger partial charge in [-0.2, -0.15) is 0 Å². The molecule has 1 N–H and O–H groups in total. The Morgan fingerprint density at radius 3 is 2.61 bits per heavy atom. The van der Waals surface area contributed by atoms with Gasteiger partial charge in [-0.15, -0.1) is 0 Å². The number of ether oxygens (including phenoxy) is 1. The average molecular weight is 309 g/mol. The number of imidazole rings is 1. The van der Waals surface area contributed by atoms with Gasteiger partial charge in [-0.3, -0.25) is 4.79 Å². The van der Waals surface area contributed by atoms with Crippen LogP contribution in [-0.4, -0.2) is 21.6 Å². The van der Waals surface area contributed by atoms with Gasteiger partial charge in [-0.1, -0.05) is 30.3 Å². The highest BCUT2D eigenvalue weighted by molar-refractivity contribution is 5.81. The second-order valence-corrected chi connectivity index (χ2v) is 5.37. The highest BCUT2D eigenvalue weighted by Gasteiger charge is 2.15. The van der Waals surface area contributed by atoms with Crippen molar-refractivity contribution < 1.29 is 9.53 Å². The molecule has 0 radical (unpaired) electrons. The van der Waals surface area contributed by atoms with E-state index in [9.17, 15) is 4.79 Å². The molecule has 0 spiro atoms. The Morgan fingerprint density at radius 2 is 1.87 bits per heavy atom. The van der Waals surface area contributed by atoms with Crippen molar-refractivity contribution in [3.63, 3.8) is 0 Å². The Labute approximate surface area is 134 Å². The van der Waals surface area contributed by atoms with Gasteiger partial charge in [0.15, 0.2) is 6.10 Å². The molecule has 1 heterocycles. The summed E-state index contributed by atoms with van der Waals surface area (Å²) in [5.41, 5.74) is 1.97. The molecule has 1 amide bonds. The molecule has 1 unspecified atom stereocenters. The zero-order valence-corrected chi connectivity index (χ0v) is 13.2. The molecule has 0 bridgehead atoms. The number of nitrogens with one attached hydrogen (secondary N) is 1. The van der Waals surface area contributed by atoms with Gasteiger partial charge in [0.05, 0.1) is 17.6 Å². The number of para-hydroxylation sites is 3. The van der Waals surface area contributed by atoms with E-state index in [2.05, 4.69) is 10.3 Å². The van der Waals surface area contributed by atoms with Gasteiger partial charge in [0, 0.05) is 7.05 Å². The lowest BCUT2D eigenvalue weighted by Gasteiger charge is -2.14. The lowest BCUT2D eigenvalue weighted by Crippen LogP contribution is -2.36. The third kappa shape index (κ3) is 3.34. The lowest BCUT2D eigenvalue weighted by atomic mass is 10.3. The van der Waals surface area contributed by atoms with E-state index < -0.39 is 6.10 Å². The summed E-state index contributed by atoms with van der Waals surface area (Å²) in [5, 5.41) is 2.87. The number of carbonyl (C=O) groups is 1. The van der Waals surface area contributed by atoms with E-state index in [0.717, 1.165) is 16.9 Å². The molecule has 118 valence electrons. The zero-order chi connectivity index (χ0) is 16.2. The minimum Gasteiger partial charge on any atom is -0.481 e. The van der Waals surface area contributed by atoms with E-state index in [4.69, 9.17) is 4.74 Å². The molecular weight excluding hydrogens is 290 g/mol. The molecule has 3 rings (SSSR count). The minimum atomic E-state index is -0.563. The normalized spacial score (nSPS) is 12.1. The van der Waals surface area contributed by atoms with Crippen LogP contribution in [0.1, 0.15) is 12.7 Å². The molecule has 0 aliphatic carbocycles. The van der Waals surface area contributed by atoms with E-state index in [-0.39, 0.29) is 5.91 Å². The fraction of sp³-hybridized carbons (Fsp3) is 0.222. The van der Waals surface area contributed by atoms with Crippen LogP contribution in [0.4, 0.5) is 0 Å². The fourth-order valence-electron chi connectivity index (χ4n) is 2.42. The molecule has 23 heavy (non-hydrogen) atoms. The Bertz CT molecular complexity index is 812. The molecule has 3 aromatic rings. The minimum absolute atomic E-state index is 0.166. The molecule has 5 nitrogen and oxygen atoms in total. The molecule has 5 heteroatoms. The number of aryl methyl sites for hydroxylation is 1. The summed E-state index contributed by atoms with van der Waals surface area (Å²) in [4.78, 5) is 16.7. The van der Waals surface area contributed by atoms with Crippen molar-refractivity contribution in [2.75, 3.05) is 0 Å². The molecule has 2 aromatic carbocycles. The summed E-state index contributed by atoms with van der Waals surface area (Å²) in [7, 11) is 1.95. The molecule has 0 aliphatic heterocycles. The molecule has 1 atom stereocenters. The number of rotatable bonds is 5. The van der Waals surface area contributed by atoms with Gasteiger partial charge in [0.2, 0.25) is 0 Å². The van der Waals surface area contributed by atoms with Crippen molar-refractivity contribution >= 4 is 16.9 Å². The summed E-state index contributed by atoms with van der Waals surface area (Å²) in [6.07, 6.45) is -0.563. The second kappa shape index (κ2) is 6.52. The monoisotopic (exact) mass is 309 g/mol. The van der Waals surface area contributed by atoms with E-state index in [0.29, 0.717) is 12.3 Å². The molecule has 1 aromatic heterocycles. The van der Waals surface area contributed by atoms with Gasteiger partial charge < -0.3 is 14.6 Å². The van der Waals surface area contributed by atoms with Crippen molar-refractivity contribution in [3.05, 3.63) is 60.4 Å². The maximum absolute atomic E-state index is 12.2. The first-order chi connectivity index (χ1) is 11.1. The number of amides is 1. The van der Waals surface area contributed by atoms with Crippen molar-refractivity contribution in [1.29, 1.82) is 0 Å². The Hall–Kier alpha value is -2.82. The zero-order valence-electron chi connectivity index (χ0n) is 13.2. The number of carbonyl (C=O) groups excluding carboxylic acids is 1. The van der Waals surface area contributed by atoms with Gasteiger partial charge in [-0.05, 0) is 31.2 Å². The van der Waals surface area contributed by atoms with Crippen LogP contribution in [0, 0.1) is 0 Å². The van der Waals surface area contributed by atoms with Crippen LogP contribution < -0.4 is 10.1 Å². The Balaban J connectivity index is 1.62. The van der Waals surface area contributed by atoms with E-state index >= 15 is 0 Å². The van der Waals surface area contributed by atoms with Crippen LogP contribution in [0.25, 0.3) is 11.0 Å². The SMILES string of the molecule is CC(Oc1ccccc1)C(=O)NCc1nc2ccccc2n1C. The van der Waals surface area contributed by atoms with Gasteiger partial charge in [0.25, 0.3) is 5.91 Å². The van der Waals surface area contributed by atoms with E-state index in [1.807, 2.05) is 66.2 Å². The third-order valence-electron chi connectivity index (χ3n) is 3.73. The number of hydrogen-bond acceptors (Lipinski definition) is 3. The molecule has 0 fully saturated rings. The van der Waals surface area contributed by atoms with Crippen LogP contribution in [0.15, 0.2) is 54.6 Å². The van der Waals surface area contributed by atoms with Crippen LogP contribution in [0.3, 0.4) is 0 Å². The smallest absolute Gasteiger partial charge is 0.261 e. The van der Waals surface area contributed by atoms with Crippen LogP contribution in [0.2, 0.25) is 0 Å². The van der Waals surface area contributed by atoms with Crippen LogP contribution in [0.5, 0.6) is 5.75 Å². The number of benzene rings is 2. The van der Waals surface area contributed by atoms with Crippen molar-refractivity contribution in [3.8, 4) is 5.75 Å². The van der Waals surface area contributed by atoms with Gasteiger partial charge in [0.1, 0.15) is 11.6 Å². The Kier molecular flexibility index (Phi) is 4.28. The van der Waals surface area contributed by atoms with E-state index in [1.165, 1.54) is 0 Å². The summed E-state index contributed by atoms with van der Waals surface area (Å²) >= 11 is 0. The second-order valence-electron chi connectivity index (χ2n) is 5.37. The van der Waals surface area contributed by atoms with Crippen LogP contribution >= 0.6 is 0 Å². The molecule has 0 aliphatic rings. The lowest BCUT2D eigenvalue weighted by molar-refractivity contribution is -0.127. The Morgan fingerprint density at radius 1 is 1.17 bits per heavy atom. The topological polar surface area (TPSA) is 56.1 Å². The quantitative estimate of drug-likeness (QED) is 0.788. The highest BCUT2D eigenvalue weighted by Crippen LogP contribution is 2.14. The maximum Gasteiger partial charge on any atom is 0.261 e. The van der Waals surface area contributed by atoms with E-state index in [1.54, 1.807) is 6.92 Å². The summed E-state index contributed by atoms with van der Waals surface area (Å²) < 4.78 is 7.60. The molecule has 0 saturated heterocycles. The first kappa shape index (κ1) is 15.1. The van der Waals surface area contributed by atoms with Crippen molar-refractivity contribution in [2.24, 2.45) is 7.05 Å². The standard InChI is InChI=1S/C18H19N3O2/c1-13(23-14-8-4-3-5-9-14)18(22)19-12-17-20-15-10-6-7-11-16(15)21(17)2/h3-11,13H,12H2,1-2H3,(H,19,22). The summed E-state index contributed by atoms with van der Waals surface area (Å²) in [5.74, 6) is 1.32. The largest absolute Gasteiger partial charge is 0.481 e. The maximum atomic E-state index is 12.2. The van der Waals surface area contributed by atoms with Gasteiger partial charge in [-0.25, -0.2) is 4.98 Å². The number of hydrogen-bond donors (Lipinski definition) is 1. The number of nitrogens with zero attached hydrogens (tertiary/aromatic N) is 2. The third-order valence-corrected chi connectivity index (χ3v) is 3.73. The van der Waals surface area contributed by atoms with Crippen LogP contribution in [-0.2, 0) is 18.4 Å². The fourth-order valence-corrected chi connectivity index (χ4v) is 2.42. The first-order valence-corrected chi connectivity index (χ1v) is 7.55. The summed E-state index contributed by atoms with van der Waals surface area (Å²) in [6, 6.07) is 17.2. The summed E-state index contributed by atoms with van der Waals surface area (Å²) in [6.45, 7) is 2.10. The highest BCUT2D eigenvalue weighted by atomic mass is 16.5. The number of aromatic nitrogens is 2. The molecular formula is C18H19N3O2. The van der Waals surface area contributed by atoms with Crippen molar-refractivity contribution in [1.82, 2.24) is 14.9 Å². The van der Waals surface area contributed by atoms with Gasteiger partial charge >= 0.3 is 0 Å². The average Bonchev–Trinajstić information content (AvgIpc) is 2.90.